The van der Waals surface area contributed by atoms with Gasteiger partial charge in [-0.25, -0.2) is 0 Å². The van der Waals surface area contributed by atoms with E-state index < -0.39 is 0 Å². The number of hydrogen-bond acceptors (Lipinski definition) is 2. The van der Waals surface area contributed by atoms with Gasteiger partial charge in [0, 0.05) is 18.3 Å². The second-order valence-corrected chi connectivity index (χ2v) is 6.69. The Morgan fingerprint density at radius 1 is 1.09 bits per heavy atom. The highest BCUT2D eigenvalue weighted by Crippen LogP contribution is 2.37. The summed E-state index contributed by atoms with van der Waals surface area (Å²) in [4.78, 5) is 18.7. The molecule has 0 bridgehead atoms. The van der Waals surface area contributed by atoms with Gasteiger partial charge in [-0.05, 0) is 44.2 Å². The van der Waals surface area contributed by atoms with Crippen molar-refractivity contribution in [2.24, 2.45) is 5.92 Å². The zero-order valence-corrected chi connectivity index (χ0v) is 13.1. The largest absolute Gasteiger partial charge is 0.310 e. The molecule has 2 heterocycles. The van der Waals surface area contributed by atoms with Crippen molar-refractivity contribution in [2.75, 3.05) is 11.4 Å². The number of pyridine rings is 1. The maximum Gasteiger partial charge on any atom is 0.233 e. The van der Waals surface area contributed by atoms with Crippen LogP contribution in [0.1, 0.15) is 29.7 Å². The monoisotopic (exact) mass is 292 g/mol. The molecule has 0 saturated heterocycles. The van der Waals surface area contributed by atoms with Crippen molar-refractivity contribution in [1.29, 1.82) is 0 Å². The predicted octanol–water partition coefficient (Wildman–Crippen LogP) is 3.66. The number of carbonyl (C=O) groups excluding carboxylic acids is 1. The fourth-order valence-electron chi connectivity index (χ4n) is 3.28. The second-order valence-electron chi connectivity index (χ2n) is 6.69. The Hall–Kier alpha value is -2.16. The normalized spacial score (nSPS) is 17.0. The van der Waals surface area contributed by atoms with E-state index in [0.29, 0.717) is 12.3 Å². The first kappa shape index (κ1) is 13.5. The number of fused-ring (bicyclic) bond motifs is 1. The first-order valence-electron chi connectivity index (χ1n) is 7.98. The summed E-state index contributed by atoms with van der Waals surface area (Å²) < 4.78 is 0. The summed E-state index contributed by atoms with van der Waals surface area (Å²) in [6.07, 6.45) is 4.86. The fourth-order valence-corrected chi connectivity index (χ4v) is 3.28. The Labute approximate surface area is 131 Å². The Morgan fingerprint density at radius 3 is 2.50 bits per heavy atom. The van der Waals surface area contributed by atoms with Gasteiger partial charge in [0.2, 0.25) is 5.91 Å². The SMILES string of the molecule is Cc1cc(C)cc(-c2cnc3c(c2)N(CC2CC2)C(=O)C3)c1. The zero-order chi connectivity index (χ0) is 15.3. The summed E-state index contributed by atoms with van der Waals surface area (Å²) >= 11 is 0. The first-order chi connectivity index (χ1) is 10.6. The van der Waals surface area contributed by atoms with Crippen LogP contribution in [0.2, 0.25) is 0 Å². The van der Waals surface area contributed by atoms with Crippen LogP contribution in [0.3, 0.4) is 0 Å². The quantitative estimate of drug-likeness (QED) is 0.865. The van der Waals surface area contributed by atoms with Crippen molar-refractivity contribution >= 4 is 11.6 Å². The van der Waals surface area contributed by atoms with Gasteiger partial charge in [-0.2, -0.15) is 0 Å². The molecule has 2 aromatic rings. The van der Waals surface area contributed by atoms with Gasteiger partial charge in [0.05, 0.1) is 17.8 Å². The highest BCUT2D eigenvalue weighted by molar-refractivity contribution is 6.01. The lowest BCUT2D eigenvalue weighted by molar-refractivity contribution is -0.117. The van der Waals surface area contributed by atoms with E-state index in [1.54, 1.807) is 0 Å². The van der Waals surface area contributed by atoms with Gasteiger partial charge in [-0.3, -0.25) is 9.78 Å². The van der Waals surface area contributed by atoms with E-state index >= 15 is 0 Å². The van der Waals surface area contributed by atoms with Crippen LogP contribution >= 0.6 is 0 Å². The molecule has 1 aromatic heterocycles. The lowest BCUT2D eigenvalue weighted by Gasteiger charge is -2.17. The van der Waals surface area contributed by atoms with Gasteiger partial charge < -0.3 is 4.90 Å². The van der Waals surface area contributed by atoms with Crippen LogP contribution < -0.4 is 4.90 Å². The number of aromatic nitrogens is 1. The summed E-state index contributed by atoms with van der Waals surface area (Å²) in [6.45, 7) is 5.09. The number of hydrogen-bond donors (Lipinski definition) is 0. The minimum absolute atomic E-state index is 0.201. The summed E-state index contributed by atoms with van der Waals surface area (Å²) in [5, 5.41) is 0. The molecule has 3 nitrogen and oxygen atoms in total. The molecular formula is C19H20N2O. The van der Waals surface area contributed by atoms with Crippen molar-refractivity contribution < 1.29 is 4.79 Å². The predicted molar refractivity (Wildman–Crippen MR) is 87.9 cm³/mol. The Morgan fingerprint density at radius 2 is 1.82 bits per heavy atom. The number of aryl methyl sites for hydroxylation is 2. The molecule has 0 radical (unpaired) electrons. The van der Waals surface area contributed by atoms with Crippen molar-refractivity contribution in [3.05, 3.63) is 47.3 Å². The molecule has 1 aromatic carbocycles. The molecule has 112 valence electrons. The average molecular weight is 292 g/mol. The molecule has 0 spiro atoms. The van der Waals surface area contributed by atoms with Crippen LogP contribution in [0.5, 0.6) is 0 Å². The van der Waals surface area contributed by atoms with Crippen molar-refractivity contribution in [3.63, 3.8) is 0 Å². The molecule has 0 atom stereocenters. The maximum atomic E-state index is 12.2. The van der Waals surface area contributed by atoms with Crippen molar-refractivity contribution in [1.82, 2.24) is 4.98 Å². The van der Waals surface area contributed by atoms with Gasteiger partial charge in [0.1, 0.15) is 0 Å². The minimum Gasteiger partial charge on any atom is -0.310 e. The summed E-state index contributed by atoms with van der Waals surface area (Å²) in [7, 11) is 0. The van der Waals surface area contributed by atoms with E-state index in [9.17, 15) is 4.79 Å². The molecule has 3 heteroatoms. The molecule has 2 aliphatic rings. The third-order valence-corrected chi connectivity index (χ3v) is 4.55. The average Bonchev–Trinajstić information content (AvgIpc) is 3.23. The Bertz CT molecular complexity index is 742. The summed E-state index contributed by atoms with van der Waals surface area (Å²) in [5.41, 5.74) is 6.73. The standard InChI is InChI=1S/C19H20N2O/c1-12-5-13(2)7-15(6-12)16-8-18-17(20-10-16)9-19(22)21(18)11-14-3-4-14/h5-8,10,14H,3-4,9,11H2,1-2H3. The van der Waals surface area contributed by atoms with Gasteiger partial charge >= 0.3 is 0 Å². The summed E-state index contributed by atoms with van der Waals surface area (Å²) in [5.74, 6) is 0.895. The molecule has 1 aliphatic carbocycles. The summed E-state index contributed by atoms with van der Waals surface area (Å²) in [6, 6.07) is 8.67. The Balaban J connectivity index is 1.74. The number of anilines is 1. The van der Waals surface area contributed by atoms with Crippen LogP contribution in [0, 0.1) is 19.8 Å². The topological polar surface area (TPSA) is 33.2 Å². The molecule has 0 N–H and O–H groups in total. The molecule has 1 amide bonds. The van der Waals surface area contributed by atoms with E-state index in [1.807, 2.05) is 11.1 Å². The third kappa shape index (κ3) is 2.41. The highest BCUT2D eigenvalue weighted by Gasteiger charge is 2.33. The molecule has 22 heavy (non-hydrogen) atoms. The van der Waals surface area contributed by atoms with Crippen molar-refractivity contribution in [3.8, 4) is 11.1 Å². The van der Waals surface area contributed by atoms with E-state index in [4.69, 9.17) is 0 Å². The van der Waals surface area contributed by atoms with Crippen LogP contribution in [0.15, 0.2) is 30.5 Å². The van der Waals surface area contributed by atoms with Crippen molar-refractivity contribution in [2.45, 2.75) is 33.1 Å². The van der Waals surface area contributed by atoms with Crippen LogP contribution in [0.25, 0.3) is 11.1 Å². The van der Waals surface area contributed by atoms with Gasteiger partial charge in [-0.1, -0.05) is 29.3 Å². The molecule has 1 aliphatic heterocycles. The van der Waals surface area contributed by atoms with Gasteiger partial charge in [0.15, 0.2) is 0 Å². The molecule has 4 rings (SSSR count). The molecule has 1 saturated carbocycles. The molecule has 0 unspecified atom stereocenters. The van der Waals surface area contributed by atoms with E-state index in [-0.39, 0.29) is 5.91 Å². The van der Waals surface area contributed by atoms with Gasteiger partial charge in [0.25, 0.3) is 0 Å². The molecular weight excluding hydrogens is 272 g/mol. The van der Waals surface area contributed by atoms with Crippen LogP contribution in [0.4, 0.5) is 5.69 Å². The van der Waals surface area contributed by atoms with E-state index in [1.165, 1.54) is 29.5 Å². The lowest BCUT2D eigenvalue weighted by Crippen LogP contribution is -2.28. The van der Waals surface area contributed by atoms with E-state index in [2.05, 4.69) is 43.1 Å². The van der Waals surface area contributed by atoms with E-state index in [0.717, 1.165) is 23.5 Å². The number of benzene rings is 1. The lowest BCUT2D eigenvalue weighted by atomic mass is 10.0. The highest BCUT2D eigenvalue weighted by atomic mass is 16.2. The first-order valence-corrected chi connectivity index (χ1v) is 7.98. The van der Waals surface area contributed by atoms with Gasteiger partial charge in [-0.15, -0.1) is 0 Å². The fraction of sp³-hybridized carbons (Fsp3) is 0.368. The van der Waals surface area contributed by atoms with Crippen LogP contribution in [-0.4, -0.2) is 17.4 Å². The number of carbonyl (C=O) groups is 1. The third-order valence-electron chi connectivity index (χ3n) is 4.55. The number of rotatable bonds is 3. The van der Waals surface area contributed by atoms with Crippen LogP contribution in [-0.2, 0) is 11.2 Å². The maximum absolute atomic E-state index is 12.2. The smallest absolute Gasteiger partial charge is 0.233 e. The minimum atomic E-state index is 0.201. The zero-order valence-electron chi connectivity index (χ0n) is 13.1. The molecule has 1 fully saturated rings. The second kappa shape index (κ2) is 4.94. The number of amides is 1. The Kier molecular flexibility index (Phi) is 3.03. The number of nitrogens with zero attached hydrogens (tertiary/aromatic N) is 2.